The van der Waals surface area contributed by atoms with Crippen LogP contribution in [-0.4, -0.2) is 11.5 Å². The van der Waals surface area contributed by atoms with Crippen molar-refractivity contribution >= 4 is 11.5 Å². The van der Waals surface area contributed by atoms with Crippen LogP contribution in [0.25, 0.3) is 0 Å². The summed E-state index contributed by atoms with van der Waals surface area (Å²) in [5.41, 5.74) is 6.67. The highest BCUT2D eigenvalue weighted by Crippen LogP contribution is 2.29. The van der Waals surface area contributed by atoms with Crippen LogP contribution in [0.3, 0.4) is 0 Å². The molecule has 0 spiro atoms. The molecule has 3 heteroatoms. The second-order valence-electron chi connectivity index (χ2n) is 3.95. The average molecular weight is 191 g/mol. The molecule has 0 unspecified atom stereocenters. The molecule has 2 rings (SSSR count). The summed E-state index contributed by atoms with van der Waals surface area (Å²) < 4.78 is 0. The van der Waals surface area contributed by atoms with Gasteiger partial charge < -0.3 is 11.1 Å². The van der Waals surface area contributed by atoms with Gasteiger partial charge in [-0.2, -0.15) is 0 Å². The lowest BCUT2D eigenvalue weighted by Gasteiger charge is -2.25. The Kier molecular flexibility index (Phi) is 2.87. The van der Waals surface area contributed by atoms with Crippen molar-refractivity contribution in [2.45, 2.75) is 25.7 Å². The summed E-state index contributed by atoms with van der Waals surface area (Å²) in [5, 5.41) is 3.32. The van der Waals surface area contributed by atoms with Gasteiger partial charge in [0.15, 0.2) is 0 Å². The molecule has 1 heterocycles. The van der Waals surface area contributed by atoms with Gasteiger partial charge in [-0.1, -0.05) is 19.3 Å². The van der Waals surface area contributed by atoms with Crippen molar-refractivity contribution in [2.24, 2.45) is 5.92 Å². The molecule has 1 aromatic rings. The van der Waals surface area contributed by atoms with Crippen molar-refractivity contribution < 1.29 is 0 Å². The zero-order chi connectivity index (χ0) is 9.80. The minimum Gasteiger partial charge on any atom is -0.382 e. The molecule has 1 saturated carbocycles. The third-order valence-electron chi connectivity index (χ3n) is 2.93. The Bertz CT molecular complexity index is 294. The van der Waals surface area contributed by atoms with Crippen LogP contribution < -0.4 is 11.1 Å². The minimum atomic E-state index is 0.598. The Labute approximate surface area is 84.7 Å². The lowest BCUT2D eigenvalue weighted by molar-refractivity contribution is 0.303. The van der Waals surface area contributed by atoms with Crippen molar-refractivity contribution in [1.29, 1.82) is 0 Å². The SMILES string of the molecule is Nc1ncccc1NCCC1CCC1. The van der Waals surface area contributed by atoms with Crippen LogP contribution in [0, 0.1) is 5.92 Å². The molecule has 0 bridgehead atoms. The van der Waals surface area contributed by atoms with Gasteiger partial charge in [0.2, 0.25) is 0 Å². The van der Waals surface area contributed by atoms with Gasteiger partial charge in [-0.3, -0.25) is 0 Å². The molecule has 1 fully saturated rings. The van der Waals surface area contributed by atoms with Crippen LogP contribution in [0.4, 0.5) is 11.5 Å². The monoisotopic (exact) mass is 191 g/mol. The molecule has 1 aliphatic rings. The molecule has 0 aliphatic heterocycles. The van der Waals surface area contributed by atoms with E-state index in [0.717, 1.165) is 18.2 Å². The van der Waals surface area contributed by atoms with Crippen molar-refractivity contribution in [3.05, 3.63) is 18.3 Å². The van der Waals surface area contributed by atoms with E-state index >= 15 is 0 Å². The van der Waals surface area contributed by atoms with Crippen molar-refractivity contribution in [2.75, 3.05) is 17.6 Å². The maximum absolute atomic E-state index is 5.71. The highest BCUT2D eigenvalue weighted by Gasteiger charge is 2.16. The van der Waals surface area contributed by atoms with E-state index in [1.165, 1.54) is 25.7 Å². The highest BCUT2D eigenvalue weighted by atomic mass is 14.9. The minimum absolute atomic E-state index is 0.598. The third-order valence-corrected chi connectivity index (χ3v) is 2.93. The summed E-state index contributed by atoms with van der Waals surface area (Å²) in [7, 11) is 0. The molecule has 3 nitrogen and oxygen atoms in total. The fraction of sp³-hybridized carbons (Fsp3) is 0.545. The molecule has 0 aromatic carbocycles. The van der Waals surface area contributed by atoms with Crippen LogP contribution in [0.5, 0.6) is 0 Å². The van der Waals surface area contributed by atoms with E-state index in [4.69, 9.17) is 5.73 Å². The van der Waals surface area contributed by atoms with Crippen LogP contribution >= 0.6 is 0 Å². The number of pyridine rings is 1. The first kappa shape index (κ1) is 9.31. The number of hydrogen-bond acceptors (Lipinski definition) is 3. The summed E-state index contributed by atoms with van der Waals surface area (Å²) >= 11 is 0. The molecule has 14 heavy (non-hydrogen) atoms. The third kappa shape index (κ3) is 2.16. The van der Waals surface area contributed by atoms with E-state index in [9.17, 15) is 0 Å². The Morgan fingerprint density at radius 2 is 2.36 bits per heavy atom. The maximum atomic E-state index is 5.71. The van der Waals surface area contributed by atoms with Gasteiger partial charge in [0.05, 0.1) is 5.69 Å². The van der Waals surface area contributed by atoms with E-state index in [1.807, 2.05) is 12.1 Å². The summed E-state index contributed by atoms with van der Waals surface area (Å²) in [6.07, 6.45) is 7.20. The van der Waals surface area contributed by atoms with E-state index in [2.05, 4.69) is 10.3 Å². The smallest absolute Gasteiger partial charge is 0.146 e. The normalized spacial score (nSPS) is 16.3. The second kappa shape index (κ2) is 4.31. The van der Waals surface area contributed by atoms with E-state index in [-0.39, 0.29) is 0 Å². The predicted molar refractivity (Wildman–Crippen MR) is 59.1 cm³/mol. The largest absolute Gasteiger partial charge is 0.382 e. The van der Waals surface area contributed by atoms with Gasteiger partial charge in [-0.05, 0) is 24.5 Å². The number of hydrogen-bond donors (Lipinski definition) is 2. The Morgan fingerprint density at radius 1 is 1.50 bits per heavy atom. The van der Waals surface area contributed by atoms with Gasteiger partial charge in [-0.15, -0.1) is 0 Å². The summed E-state index contributed by atoms with van der Waals surface area (Å²) in [6, 6.07) is 3.88. The van der Waals surface area contributed by atoms with Gasteiger partial charge in [0.1, 0.15) is 5.82 Å². The first-order valence-corrected chi connectivity index (χ1v) is 5.30. The predicted octanol–water partition coefficient (Wildman–Crippen LogP) is 2.27. The second-order valence-corrected chi connectivity index (χ2v) is 3.95. The summed E-state index contributed by atoms with van der Waals surface area (Å²) in [4.78, 5) is 4.03. The molecule has 0 atom stereocenters. The number of nitrogen functional groups attached to an aromatic ring is 1. The van der Waals surface area contributed by atoms with Gasteiger partial charge in [0.25, 0.3) is 0 Å². The quantitative estimate of drug-likeness (QED) is 0.767. The maximum Gasteiger partial charge on any atom is 0.146 e. The molecule has 0 radical (unpaired) electrons. The van der Waals surface area contributed by atoms with Crippen LogP contribution in [0.1, 0.15) is 25.7 Å². The zero-order valence-corrected chi connectivity index (χ0v) is 8.37. The number of nitrogens with two attached hydrogens (primary N) is 1. The molecule has 3 N–H and O–H groups in total. The van der Waals surface area contributed by atoms with Crippen molar-refractivity contribution in [1.82, 2.24) is 4.98 Å². The molecular formula is C11H17N3. The average Bonchev–Trinajstić information content (AvgIpc) is 2.12. The number of aromatic nitrogens is 1. The number of rotatable bonds is 4. The van der Waals surface area contributed by atoms with Crippen LogP contribution in [0.2, 0.25) is 0 Å². The topological polar surface area (TPSA) is 50.9 Å². The van der Waals surface area contributed by atoms with E-state index < -0.39 is 0 Å². The molecule has 1 aromatic heterocycles. The van der Waals surface area contributed by atoms with Crippen molar-refractivity contribution in [3.8, 4) is 0 Å². The molecule has 1 aliphatic carbocycles. The molecule has 76 valence electrons. The molecular weight excluding hydrogens is 174 g/mol. The van der Waals surface area contributed by atoms with Crippen molar-refractivity contribution in [3.63, 3.8) is 0 Å². The lowest BCUT2D eigenvalue weighted by atomic mass is 9.83. The summed E-state index contributed by atoms with van der Waals surface area (Å²) in [5.74, 6) is 1.54. The van der Waals surface area contributed by atoms with Gasteiger partial charge >= 0.3 is 0 Å². The fourth-order valence-electron chi connectivity index (χ4n) is 1.76. The van der Waals surface area contributed by atoms with Crippen LogP contribution in [-0.2, 0) is 0 Å². The van der Waals surface area contributed by atoms with Gasteiger partial charge in [0, 0.05) is 12.7 Å². The van der Waals surface area contributed by atoms with E-state index in [1.54, 1.807) is 6.20 Å². The Hall–Kier alpha value is -1.25. The lowest BCUT2D eigenvalue weighted by Crippen LogP contribution is -2.16. The fourth-order valence-corrected chi connectivity index (χ4v) is 1.76. The standard InChI is InChI=1S/C11H17N3/c12-11-10(5-2-7-14-11)13-8-6-9-3-1-4-9/h2,5,7,9,13H,1,3-4,6,8H2,(H2,12,14). The number of nitrogens with one attached hydrogen (secondary N) is 1. The molecule has 0 saturated heterocycles. The van der Waals surface area contributed by atoms with Gasteiger partial charge in [-0.25, -0.2) is 4.98 Å². The Morgan fingerprint density at radius 3 is 3.00 bits per heavy atom. The highest BCUT2D eigenvalue weighted by molar-refractivity contribution is 5.60. The first-order valence-electron chi connectivity index (χ1n) is 5.30. The number of nitrogens with zero attached hydrogens (tertiary/aromatic N) is 1. The van der Waals surface area contributed by atoms with Crippen LogP contribution in [0.15, 0.2) is 18.3 Å². The number of anilines is 2. The first-order chi connectivity index (χ1) is 6.86. The Balaban J connectivity index is 1.76. The molecule has 0 amide bonds. The summed E-state index contributed by atoms with van der Waals surface area (Å²) in [6.45, 7) is 1.01. The zero-order valence-electron chi connectivity index (χ0n) is 8.37. The van der Waals surface area contributed by atoms with E-state index in [0.29, 0.717) is 5.82 Å².